The van der Waals surface area contributed by atoms with E-state index in [2.05, 4.69) is 27.7 Å². The van der Waals surface area contributed by atoms with E-state index in [1.807, 2.05) is 0 Å². The fourth-order valence-electron chi connectivity index (χ4n) is 3.59. The lowest BCUT2D eigenvalue weighted by molar-refractivity contribution is -0.137. The Balaban J connectivity index is 3.61. The number of aliphatic carboxylic acids is 1. The number of hydrogen-bond donors (Lipinski definition) is 2. The Bertz CT molecular complexity index is 543. The van der Waals surface area contributed by atoms with E-state index in [9.17, 15) is 13.2 Å². The first-order valence-corrected chi connectivity index (χ1v) is 12.8. The van der Waals surface area contributed by atoms with Crippen molar-refractivity contribution in [1.29, 1.82) is 0 Å². The smallest absolute Gasteiger partial charge is 0.303 e. The van der Waals surface area contributed by atoms with Crippen molar-refractivity contribution >= 4 is 16.0 Å². The van der Waals surface area contributed by atoms with Crippen LogP contribution in [0.4, 0.5) is 0 Å². The molecule has 0 aromatic heterocycles. The minimum Gasteiger partial charge on any atom is -0.481 e. The predicted octanol–water partition coefficient (Wildman–Crippen LogP) is 5.11. The molecule has 0 unspecified atom stereocenters. The van der Waals surface area contributed by atoms with E-state index in [0.29, 0.717) is 6.42 Å². The van der Waals surface area contributed by atoms with Gasteiger partial charge in [-0.3, -0.25) is 4.79 Å². The second-order valence-electron chi connectivity index (χ2n) is 9.93. The molecule has 3 N–H and O–H groups in total. The molecule has 0 aromatic rings. The first-order valence-electron chi connectivity index (χ1n) is 11.1. The molecule has 0 saturated heterocycles. The lowest BCUT2D eigenvalue weighted by Crippen LogP contribution is -2.17. The molecule has 0 fully saturated rings. The first-order chi connectivity index (χ1) is 13.3. The van der Waals surface area contributed by atoms with Crippen LogP contribution in [0.15, 0.2) is 0 Å². The molecule has 0 bridgehead atoms. The predicted molar refractivity (Wildman–Crippen MR) is 119 cm³/mol. The van der Waals surface area contributed by atoms with Crippen molar-refractivity contribution in [3.05, 3.63) is 0 Å². The Morgan fingerprint density at radius 3 is 1.62 bits per heavy atom. The highest BCUT2D eigenvalue weighted by Crippen LogP contribution is 2.30. The number of hydrogen-bond acceptors (Lipinski definition) is 4. The van der Waals surface area contributed by atoms with Gasteiger partial charge in [0.05, 0.1) is 5.75 Å². The molecular weight excluding hydrogens is 390 g/mol. The van der Waals surface area contributed by atoms with Crippen LogP contribution in [0, 0.1) is 10.8 Å². The van der Waals surface area contributed by atoms with E-state index in [0.717, 1.165) is 77.4 Å². The number of rotatable bonds is 19. The van der Waals surface area contributed by atoms with Crippen LogP contribution >= 0.6 is 0 Å². The number of primary sulfonamides is 1. The SMILES string of the molecule is CC(C)(CCCCOCCCCC(C)(C)CCCC(=O)O)CCCCS(N)(=O)=O. The summed E-state index contributed by atoms with van der Waals surface area (Å²) in [5, 5.41) is 13.8. The average Bonchev–Trinajstić information content (AvgIpc) is 2.56. The second kappa shape index (κ2) is 14.4. The number of unbranched alkanes of at least 4 members (excludes halogenated alkanes) is 3. The lowest BCUT2D eigenvalue weighted by Gasteiger charge is -2.24. The van der Waals surface area contributed by atoms with E-state index in [1.54, 1.807) is 0 Å². The molecule has 0 radical (unpaired) electrons. The van der Waals surface area contributed by atoms with Gasteiger partial charge in [0.1, 0.15) is 0 Å². The van der Waals surface area contributed by atoms with E-state index in [1.165, 1.54) is 0 Å². The van der Waals surface area contributed by atoms with E-state index < -0.39 is 16.0 Å². The molecule has 0 aliphatic heterocycles. The van der Waals surface area contributed by atoms with Crippen molar-refractivity contribution < 1.29 is 23.1 Å². The lowest BCUT2D eigenvalue weighted by atomic mass is 9.82. The summed E-state index contributed by atoms with van der Waals surface area (Å²) in [6, 6.07) is 0. The van der Waals surface area contributed by atoms with E-state index >= 15 is 0 Å². The van der Waals surface area contributed by atoms with Crippen molar-refractivity contribution in [2.45, 2.75) is 105 Å². The summed E-state index contributed by atoms with van der Waals surface area (Å²) < 4.78 is 27.7. The Labute approximate surface area is 179 Å². The second-order valence-corrected chi connectivity index (χ2v) is 11.7. The number of carboxylic acids is 1. The third-order valence-electron chi connectivity index (χ3n) is 5.56. The van der Waals surface area contributed by atoms with Gasteiger partial charge in [-0.25, -0.2) is 13.6 Å². The highest BCUT2D eigenvalue weighted by atomic mass is 32.2. The molecule has 0 aromatic carbocycles. The van der Waals surface area contributed by atoms with E-state index in [-0.39, 0.29) is 23.0 Å². The van der Waals surface area contributed by atoms with Crippen LogP contribution < -0.4 is 5.14 Å². The van der Waals surface area contributed by atoms with Gasteiger partial charge in [-0.05, 0) is 62.2 Å². The highest BCUT2D eigenvalue weighted by molar-refractivity contribution is 7.89. The topological polar surface area (TPSA) is 107 Å². The number of ether oxygens (including phenoxy) is 1. The van der Waals surface area contributed by atoms with Gasteiger partial charge in [0.2, 0.25) is 10.0 Å². The summed E-state index contributed by atoms with van der Waals surface area (Å²) in [6.07, 6.45) is 11.1. The molecule has 0 amide bonds. The molecule has 6 nitrogen and oxygen atoms in total. The number of carboxylic acid groups (broad SMARTS) is 1. The van der Waals surface area contributed by atoms with Gasteiger partial charge in [-0.1, -0.05) is 47.0 Å². The quantitative estimate of drug-likeness (QED) is 0.274. The van der Waals surface area contributed by atoms with Crippen LogP contribution in [0.3, 0.4) is 0 Å². The molecule has 7 heteroatoms. The summed E-state index contributed by atoms with van der Waals surface area (Å²) in [4.78, 5) is 10.6. The molecule has 0 atom stereocenters. The van der Waals surface area contributed by atoms with Gasteiger partial charge in [0.15, 0.2) is 0 Å². The molecule has 0 spiro atoms. The zero-order chi connectivity index (χ0) is 22.4. The third-order valence-corrected chi connectivity index (χ3v) is 6.42. The van der Waals surface area contributed by atoms with Crippen molar-refractivity contribution in [3.63, 3.8) is 0 Å². The van der Waals surface area contributed by atoms with Crippen molar-refractivity contribution in [2.75, 3.05) is 19.0 Å². The van der Waals surface area contributed by atoms with Gasteiger partial charge in [-0.15, -0.1) is 0 Å². The standard InChI is InChI=1S/C22H45NO5S/c1-21(2,15-7-10-19-29(23,26)27)13-5-8-17-28-18-9-6-14-22(3,4)16-11-12-20(24)25/h5-19H2,1-4H3,(H,24,25)(H2,23,26,27). The third kappa shape index (κ3) is 20.4. The van der Waals surface area contributed by atoms with Gasteiger partial charge < -0.3 is 9.84 Å². The summed E-state index contributed by atoms with van der Waals surface area (Å²) in [5.74, 6) is -0.629. The maximum Gasteiger partial charge on any atom is 0.303 e. The van der Waals surface area contributed by atoms with Crippen molar-refractivity contribution in [1.82, 2.24) is 0 Å². The van der Waals surface area contributed by atoms with Crippen LogP contribution in [-0.4, -0.2) is 38.5 Å². The summed E-state index contributed by atoms with van der Waals surface area (Å²) in [5.41, 5.74) is 0.431. The van der Waals surface area contributed by atoms with Crippen molar-refractivity contribution in [3.8, 4) is 0 Å². The monoisotopic (exact) mass is 435 g/mol. The van der Waals surface area contributed by atoms with Crippen LogP contribution in [0.25, 0.3) is 0 Å². The first kappa shape index (κ1) is 28.3. The fraction of sp³-hybridized carbons (Fsp3) is 0.955. The van der Waals surface area contributed by atoms with Crippen LogP contribution in [-0.2, 0) is 19.6 Å². The summed E-state index contributed by atoms with van der Waals surface area (Å²) in [6.45, 7) is 10.5. The number of sulfonamides is 1. The van der Waals surface area contributed by atoms with Crippen LogP contribution in [0.5, 0.6) is 0 Å². The van der Waals surface area contributed by atoms with E-state index in [4.69, 9.17) is 15.0 Å². The highest BCUT2D eigenvalue weighted by Gasteiger charge is 2.18. The Kier molecular flexibility index (Phi) is 14.0. The molecule has 0 rings (SSSR count). The number of carbonyl (C=O) groups is 1. The van der Waals surface area contributed by atoms with Gasteiger partial charge >= 0.3 is 5.97 Å². The molecule has 0 aliphatic rings. The summed E-state index contributed by atoms with van der Waals surface area (Å²) >= 11 is 0. The molecule has 0 saturated carbocycles. The Morgan fingerprint density at radius 1 is 0.793 bits per heavy atom. The van der Waals surface area contributed by atoms with Gasteiger partial charge in [-0.2, -0.15) is 0 Å². The minimum absolute atomic E-state index is 0.0798. The Hall–Kier alpha value is -0.660. The summed E-state index contributed by atoms with van der Waals surface area (Å²) in [7, 11) is -3.33. The molecule has 0 heterocycles. The van der Waals surface area contributed by atoms with Crippen LogP contribution in [0.2, 0.25) is 0 Å². The van der Waals surface area contributed by atoms with Gasteiger partial charge in [0.25, 0.3) is 0 Å². The average molecular weight is 436 g/mol. The fourth-order valence-corrected chi connectivity index (χ4v) is 4.20. The van der Waals surface area contributed by atoms with Crippen LogP contribution in [0.1, 0.15) is 105 Å². The normalized spacial score (nSPS) is 13.0. The zero-order valence-corrected chi connectivity index (χ0v) is 20.0. The Morgan fingerprint density at radius 2 is 1.21 bits per heavy atom. The largest absolute Gasteiger partial charge is 0.481 e. The zero-order valence-electron chi connectivity index (χ0n) is 19.2. The maximum absolute atomic E-state index is 11.0. The molecular formula is C22H45NO5S. The van der Waals surface area contributed by atoms with Gasteiger partial charge in [0, 0.05) is 19.6 Å². The maximum atomic E-state index is 11.0. The number of nitrogens with two attached hydrogens (primary N) is 1. The molecule has 29 heavy (non-hydrogen) atoms. The molecule has 174 valence electrons. The van der Waals surface area contributed by atoms with Crippen molar-refractivity contribution in [2.24, 2.45) is 16.0 Å². The minimum atomic E-state index is -3.33. The molecule has 0 aliphatic carbocycles.